The van der Waals surface area contributed by atoms with E-state index >= 15 is 0 Å². The molecule has 0 fully saturated rings. The van der Waals surface area contributed by atoms with Gasteiger partial charge in [0.2, 0.25) is 11.8 Å². The molecule has 190 valence electrons. The first-order chi connectivity index (χ1) is 18.7. The summed E-state index contributed by atoms with van der Waals surface area (Å²) in [6.07, 6.45) is 0. The molecule has 38 heavy (non-hydrogen) atoms. The molecule has 10 heteroatoms. The first-order valence-electron chi connectivity index (χ1n) is 11.6. The van der Waals surface area contributed by atoms with Crippen molar-refractivity contribution in [3.8, 4) is 0 Å². The Morgan fingerprint density at radius 3 is 1.29 bits per heavy atom. The molecule has 0 bridgehead atoms. The lowest BCUT2D eigenvalue weighted by Gasteiger charge is -2.08. The van der Waals surface area contributed by atoms with Gasteiger partial charge in [0.05, 0.1) is 34.3 Å². The average molecular weight is 541 g/mol. The predicted octanol–water partition coefficient (Wildman–Crippen LogP) is 8.48. The molecule has 0 atom stereocenters. The maximum Gasteiger partial charge on any atom is 0.235 e. The van der Waals surface area contributed by atoms with Crippen LogP contribution in [0.4, 0.5) is 34.1 Å². The van der Waals surface area contributed by atoms with Crippen molar-refractivity contribution >= 4 is 67.5 Å². The van der Waals surface area contributed by atoms with Crippen molar-refractivity contribution in [1.82, 2.24) is 0 Å². The lowest BCUT2D eigenvalue weighted by atomic mass is 10.2. The third-order valence-electron chi connectivity index (χ3n) is 4.88. The van der Waals surface area contributed by atoms with E-state index < -0.39 is 0 Å². The van der Waals surface area contributed by atoms with E-state index in [1.165, 1.54) is 21.6 Å². The molecule has 0 saturated heterocycles. The summed E-state index contributed by atoms with van der Waals surface area (Å²) >= 11 is 0. The number of nitrogens with zero attached hydrogens (tertiary/aromatic N) is 4. The fourth-order valence-electron chi connectivity index (χ4n) is 3.11. The minimum absolute atomic E-state index is 0.171. The molecule has 0 aliphatic heterocycles. The van der Waals surface area contributed by atoms with E-state index in [0.717, 1.165) is 11.4 Å². The number of benzene rings is 4. The third kappa shape index (κ3) is 8.68. The van der Waals surface area contributed by atoms with Crippen molar-refractivity contribution in [2.24, 2.45) is 20.5 Å². The van der Waals surface area contributed by atoms with Crippen molar-refractivity contribution in [2.75, 3.05) is 22.1 Å². The molecular weight excluding hydrogens is 516 g/mol. The monoisotopic (exact) mass is 540 g/mol. The Hall–Kier alpha value is -4.28. The first kappa shape index (κ1) is 26.8. The quantitative estimate of drug-likeness (QED) is 0.113. The number of rotatable bonds is 11. The maximum absolute atomic E-state index is 12.5. The minimum Gasteiger partial charge on any atom is -0.323 e. The van der Waals surface area contributed by atoms with Crippen LogP contribution in [0.2, 0.25) is 0 Å². The lowest BCUT2D eigenvalue weighted by molar-refractivity contribution is -0.114. The van der Waals surface area contributed by atoms with Crippen LogP contribution in [0.3, 0.4) is 0 Å². The SMILES string of the molecule is O=C(CSSCC(=O)Nc1ccccc1N=Nc1ccccc1)Nc1ccccc1N=Nc1ccccc1. The smallest absolute Gasteiger partial charge is 0.235 e. The zero-order valence-corrected chi connectivity index (χ0v) is 21.9. The summed E-state index contributed by atoms with van der Waals surface area (Å²) in [5.74, 6) is -0.0533. The van der Waals surface area contributed by atoms with Gasteiger partial charge in [-0.25, -0.2) is 0 Å². The van der Waals surface area contributed by atoms with Crippen molar-refractivity contribution < 1.29 is 9.59 Å². The lowest BCUT2D eigenvalue weighted by Crippen LogP contribution is -2.15. The van der Waals surface area contributed by atoms with E-state index in [4.69, 9.17) is 0 Å². The molecule has 8 nitrogen and oxygen atoms in total. The van der Waals surface area contributed by atoms with Gasteiger partial charge in [-0.3, -0.25) is 9.59 Å². The Bertz CT molecular complexity index is 1310. The van der Waals surface area contributed by atoms with Gasteiger partial charge in [-0.2, -0.15) is 10.2 Å². The van der Waals surface area contributed by atoms with Gasteiger partial charge in [0.1, 0.15) is 11.4 Å². The van der Waals surface area contributed by atoms with E-state index in [9.17, 15) is 9.59 Å². The van der Waals surface area contributed by atoms with Crippen LogP contribution in [-0.2, 0) is 9.59 Å². The molecule has 4 aromatic carbocycles. The van der Waals surface area contributed by atoms with E-state index in [1.807, 2.05) is 84.9 Å². The van der Waals surface area contributed by atoms with Crippen molar-refractivity contribution in [2.45, 2.75) is 0 Å². The zero-order chi connectivity index (χ0) is 26.4. The van der Waals surface area contributed by atoms with Crippen LogP contribution in [0, 0.1) is 0 Å². The molecular formula is C28H24N6O2S2. The number of azo groups is 2. The van der Waals surface area contributed by atoms with E-state index in [2.05, 4.69) is 31.1 Å². The Balaban J connectivity index is 1.23. The van der Waals surface area contributed by atoms with Gasteiger partial charge in [0, 0.05) is 0 Å². The summed E-state index contributed by atoms with van der Waals surface area (Å²) in [6, 6.07) is 33.2. The highest BCUT2D eigenvalue weighted by atomic mass is 33.1. The topological polar surface area (TPSA) is 108 Å². The van der Waals surface area contributed by atoms with Crippen molar-refractivity contribution in [3.63, 3.8) is 0 Å². The Kier molecular flexibility index (Phi) is 10.2. The normalized spacial score (nSPS) is 11.1. The Morgan fingerprint density at radius 2 is 0.868 bits per heavy atom. The van der Waals surface area contributed by atoms with Crippen molar-refractivity contribution in [1.29, 1.82) is 0 Å². The molecule has 0 aromatic heterocycles. The third-order valence-corrected chi connectivity index (χ3v) is 7.01. The number of hydrogen-bond acceptors (Lipinski definition) is 8. The van der Waals surface area contributed by atoms with Gasteiger partial charge in [-0.05, 0) is 48.5 Å². The second kappa shape index (κ2) is 14.5. The number of anilines is 2. The van der Waals surface area contributed by atoms with Crippen LogP contribution in [-0.4, -0.2) is 23.3 Å². The number of para-hydroxylation sites is 2. The van der Waals surface area contributed by atoms with Crippen LogP contribution in [0.25, 0.3) is 0 Å². The summed E-state index contributed by atoms with van der Waals surface area (Å²) < 4.78 is 0. The molecule has 0 spiro atoms. The summed E-state index contributed by atoms with van der Waals surface area (Å²) in [6.45, 7) is 0. The number of carbonyl (C=O) groups excluding carboxylic acids is 2. The van der Waals surface area contributed by atoms with Crippen LogP contribution in [0.15, 0.2) is 130 Å². The zero-order valence-electron chi connectivity index (χ0n) is 20.2. The maximum atomic E-state index is 12.5. The number of carbonyl (C=O) groups is 2. The van der Waals surface area contributed by atoms with Gasteiger partial charge in [0.15, 0.2) is 0 Å². The summed E-state index contributed by atoms with van der Waals surface area (Å²) in [4.78, 5) is 24.9. The number of nitrogens with one attached hydrogen (secondary N) is 2. The Morgan fingerprint density at radius 1 is 0.500 bits per heavy atom. The van der Waals surface area contributed by atoms with Crippen molar-refractivity contribution in [3.05, 3.63) is 109 Å². The van der Waals surface area contributed by atoms with Gasteiger partial charge < -0.3 is 10.6 Å². The molecule has 2 amide bonds. The summed E-state index contributed by atoms with van der Waals surface area (Å²) in [7, 11) is 2.59. The predicted molar refractivity (Wildman–Crippen MR) is 156 cm³/mol. The molecule has 4 rings (SSSR count). The highest BCUT2D eigenvalue weighted by Crippen LogP contribution is 2.29. The average Bonchev–Trinajstić information content (AvgIpc) is 2.95. The molecule has 0 aliphatic rings. The molecule has 0 heterocycles. The molecule has 0 aliphatic carbocycles. The van der Waals surface area contributed by atoms with E-state index in [1.54, 1.807) is 24.3 Å². The highest BCUT2D eigenvalue weighted by Gasteiger charge is 2.10. The Labute approximate surface area is 228 Å². The first-order valence-corrected chi connectivity index (χ1v) is 14.1. The second-order valence-electron chi connectivity index (χ2n) is 7.73. The van der Waals surface area contributed by atoms with Gasteiger partial charge in [-0.1, -0.05) is 82.3 Å². The number of hydrogen-bond donors (Lipinski definition) is 2. The second-order valence-corrected chi connectivity index (χ2v) is 10.2. The van der Waals surface area contributed by atoms with Gasteiger partial charge in [-0.15, -0.1) is 10.2 Å². The van der Waals surface area contributed by atoms with Crippen LogP contribution in [0.5, 0.6) is 0 Å². The van der Waals surface area contributed by atoms with Crippen LogP contribution >= 0.6 is 21.6 Å². The minimum atomic E-state index is -0.197. The van der Waals surface area contributed by atoms with E-state index in [-0.39, 0.29) is 23.3 Å². The highest BCUT2D eigenvalue weighted by molar-refractivity contribution is 8.77. The number of amides is 2. The van der Waals surface area contributed by atoms with E-state index in [0.29, 0.717) is 22.7 Å². The fourth-order valence-corrected chi connectivity index (χ4v) is 4.78. The molecule has 0 radical (unpaired) electrons. The standard InChI is InChI=1S/C28H24N6O2S2/c35-27(29-23-15-7-9-17-25(23)33-31-21-11-3-1-4-12-21)19-37-38-20-28(36)30-24-16-8-10-18-26(24)34-32-22-13-5-2-6-14-22/h1-18H,19-20H2,(H,29,35)(H,30,36). The molecule has 0 saturated carbocycles. The van der Waals surface area contributed by atoms with Gasteiger partial charge in [0.25, 0.3) is 0 Å². The van der Waals surface area contributed by atoms with Crippen LogP contribution in [0.1, 0.15) is 0 Å². The summed E-state index contributed by atoms with van der Waals surface area (Å²) in [5.41, 5.74) is 3.71. The molecule has 0 unspecified atom stereocenters. The van der Waals surface area contributed by atoms with Gasteiger partial charge >= 0.3 is 0 Å². The summed E-state index contributed by atoms with van der Waals surface area (Å²) in [5, 5.41) is 22.7. The molecule has 2 N–H and O–H groups in total. The van der Waals surface area contributed by atoms with Crippen LogP contribution < -0.4 is 10.6 Å². The largest absolute Gasteiger partial charge is 0.323 e. The molecule has 4 aromatic rings. The fraction of sp³-hybridized carbons (Fsp3) is 0.0714.